The van der Waals surface area contributed by atoms with E-state index in [9.17, 15) is 18.0 Å². The van der Waals surface area contributed by atoms with Gasteiger partial charge in [0.2, 0.25) is 0 Å². The highest BCUT2D eigenvalue weighted by atomic mass is 79.9. The highest BCUT2D eigenvalue weighted by Gasteiger charge is 2.34. The number of hydrogen-bond donors (Lipinski definition) is 1. The van der Waals surface area contributed by atoms with E-state index in [1.807, 2.05) is 0 Å². The summed E-state index contributed by atoms with van der Waals surface area (Å²) in [4.78, 5) is 13.7. The quantitative estimate of drug-likeness (QED) is 0.822. The van der Waals surface area contributed by atoms with Crippen LogP contribution >= 0.6 is 15.9 Å². The first-order valence-corrected chi connectivity index (χ1v) is 7.43. The SMILES string of the molecule is CN(C)c1ccc(NC(=O)c2cccc(Br)c2)c(C(F)(F)F)c1. The maximum Gasteiger partial charge on any atom is 0.418 e. The lowest BCUT2D eigenvalue weighted by atomic mass is 10.1. The van der Waals surface area contributed by atoms with Crippen molar-refractivity contribution < 1.29 is 18.0 Å². The number of hydrogen-bond acceptors (Lipinski definition) is 2. The molecule has 23 heavy (non-hydrogen) atoms. The molecule has 0 atom stereocenters. The van der Waals surface area contributed by atoms with Crippen LogP contribution in [-0.4, -0.2) is 20.0 Å². The highest BCUT2D eigenvalue weighted by molar-refractivity contribution is 9.10. The van der Waals surface area contributed by atoms with E-state index in [0.29, 0.717) is 10.2 Å². The van der Waals surface area contributed by atoms with Crippen molar-refractivity contribution in [3.8, 4) is 0 Å². The summed E-state index contributed by atoms with van der Waals surface area (Å²) in [5.41, 5.74) is -0.484. The van der Waals surface area contributed by atoms with E-state index < -0.39 is 17.6 Å². The number of anilines is 2. The van der Waals surface area contributed by atoms with Gasteiger partial charge in [-0.25, -0.2) is 0 Å². The van der Waals surface area contributed by atoms with E-state index >= 15 is 0 Å². The van der Waals surface area contributed by atoms with Gasteiger partial charge in [0, 0.05) is 29.8 Å². The van der Waals surface area contributed by atoms with Gasteiger partial charge in [0.15, 0.2) is 0 Å². The van der Waals surface area contributed by atoms with Gasteiger partial charge in [0.25, 0.3) is 5.91 Å². The summed E-state index contributed by atoms with van der Waals surface area (Å²) in [7, 11) is 3.30. The molecule has 2 rings (SSSR count). The van der Waals surface area contributed by atoms with Crippen LogP contribution in [0, 0.1) is 0 Å². The summed E-state index contributed by atoms with van der Waals surface area (Å²) < 4.78 is 40.4. The second kappa shape index (κ2) is 6.62. The molecule has 0 aromatic heterocycles. The largest absolute Gasteiger partial charge is 0.418 e. The summed E-state index contributed by atoms with van der Waals surface area (Å²) >= 11 is 3.22. The lowest BCUT2D eigenvalue weighted by molar-refractivity contribution is -0.136. The number of nitrogens with zero attached hydrogens (tertiary/aromatic N) is 1. The molecule has 7 heteroatoms. The molecule has 0 saturated carbocycles. The molecule has 0 aliphatic carbocycles. The average molecular weight is 387 g/mol. The predicted octanol–water partition coefficient (Wildman–Crippen LogP) is 4.79. The standard InChI is InChI=1S/C16H14BrF3N2O/c1-22(2)12-6-7-14(13(9-12)16(18,19)20)21-15(23)10-4-3-5-11(17)8-10/h3-9H,1-2H3,(H,21,23). The molecule has 0 aliphatic heterocycles. The van der Waals surface area contributed by atoms with Gasteiger partial charge >= 0.3 is 6.18 Å². The molecule has 3 nitrogen and oxygen atoms in total. The first-order chi connectivity index (χ1) is 10.7. The molecule has 2 aromatic carbocycles. The normalized spacial score (nSPS) is 11.2. The van der Waals surface area contributed by atoms with Gasteiger partial charge in [0.05, 0.1) is 11.3 Å². The molecule has 122 valence electrons. The first kappa shape index (κ1) is 17.3. The van der Waals surface area contributed by atoms with Crippen molar-refractivity contribution in [2.24, 2.45) is 0 Å². The number of nitrogens with one attached hydrogen (secondary N) is 1. The number of halogens is 4. The summed E-state index contributed by atoms with van der Waals surface area (Å²) in [6.07, 6.45) is -4.56. The van der Waals surface area contributed by atoms with Crippen molar-refractivity contribution >= 4 is 33.2 Å². The molecule has 0 aliphatic rings. The van der Waals surface area contributed by atoms with Gasteiger partial charge in [-0.1, -0.05) is 22.0 Å². The topological polar surface area (TPSA) is 32.3 Å². The summed E-state index contributed by atoms with van der Waals surface area (Å²) in [5.74, 6) is -0.602. The van der Waals surface area contributed by atoms with Crippen molar-refractivity contribution in [2.45, 2.75) is 6.18 Å². The van der Waals surface area contributed by atoms with Crippen LogP contribution in [0.15, 0.2) is 46.9 Å². The van der Waals surface area contributed by atoms with E-state index in [1.54, 1.807) is 31.1 Å². The second-order valence-corrected chi connectivity index (χ2v) is 6.00. The zero-order valence-electron chi connectivity index (χ0n) is 12.4. The number of carbonyl (C=O) groups is 1. The Balaban J connectivity index is 2.37. The minimum atomic E-state index is -4.56. The van der Waals surface area contributed by atoms with Crippen molar-refractivity contribution in [3.63, 3.8) is 0 Å². The monoisotopic (exact) mass is 386 g/mol. The fourth-order valence-electron chi connectivity index (χ4n) is 1.98. The third-order valence-electron chi connectivity index (χ3n) is 3.16. The molecule has 0 radical (unpaired) electrons. The molecule has 2 aromatic rings. The minimum Gasteiger partial charge on any atom is -0.378 e. The first-order valence-electron chi connectivity index (χ1n) is 6.64. The maximum absolute atomic E-state index is 13.2. The van der Waals surface area contributed by atoms with Crippen LogP contribution in [0.5, 0.6) is 0 Å². The fourth-order valence-corrected chi connectivity index (χ4v) is 2.38. The Morgan fingerprint density at radius 3 is 2.39 bits per heavy atom. The van der Waals surface area contributed by atoms with Crippen LogP contribution in [0.2, 0.25) is 0 Å². The smallest absolute Gasteiger partial charge is 0.378 e. The molecule has 1 amide bonds. The Morgan fingerprint density at radius 1 is 1.13 bits per heavy atom. The lowest BCUT2D eigenvalue weighted by Crippen LogP contribution is -2.18. The highest BCUT2D eigenvalue weighted by Crippen LogP contribution is 2.37. The van der Waals surface area contributed by atoms with Crippen LogP contribution in [-0.2, 0) is 6.18 Å². The van der Waals surface area contributed by atoms with Crippen LogP contribution in [0.3, 0.4) is 0 Å². The number of amides is 1. The van der Waals surface area contributed by atoms with E-state index in [1.165, 1.54) is 24.3 Å². The van der Waals surface area contributed by atoms with Crippen LogP contribution < -0.4 is 10.2 Å². The number of carbonyl (C=O) groups excluding carboxylic acids is 1. The molecule has 0 heterocycles. The fraction of sp³-hybridized carbons (Fsp3) is 0.188. The maximum atomic E-state index is 13.2. The molecule has 0 spiro atoms. The second-order valence-electron chi connectivity index (χ2n) is 5.09. The van der Waals surface area contributed by atoms with Crippen LogP contribution in [0.1, 0.15) is 15.9 Å². The van der Waals surface area contributed by atoms with E-state index in [2.05, 4.69) is 21.2 Å². The van der Waals surface area contributed by atoms with Gasteiger partial charge < -0.3 is 10.2 Å². The molecule has 0 bridgehead atoms. The molecular formula is C16H14BrF3N2O. The van der Waals surface area contributed by atoms with E-state index in [-0.39, 0.29) is 11.3 Å². The van der Waals surface area contributed by atoms with Crippen LogP contribution in [0.4, 0.5) is 24.5 Å². The van der Waals surface area contributed by atoms with Crippen molar-refractivity contribution in [1.29, 1.82) is 0 Å². The van der Waals surface area contributed by atoms with E-state index in [4.69, 9.17) is 0 Å². The van der Waals surface area contributed by atoms with Gasteiger partial charge in [0.1, 0.15) is 0 Å². The third-order valence-corrected chi connectivity index (χ3v) is 3.65. The Hall–Kier alpha value is -2.02. The molecule has 0 saturated heterocycles. The average Bonchev–Trinajstić information content (AvgIpc) is 2.46. The summed E-state index contributed by atoms with van der Waals surface area (Å²) in [6, 6.07) is 10.2. The molecular weight excluding hydrogens is 373 g/mol. The third kappa shape index (κ3) is 4.25. The Kier molecular flexibility index (Phi) is 4.99. The minimum absolute atomic E-state index is 0.268. The van der Waals surface area contributed by atoms with Gasteiger partial charge in [-0.05, 0) is 36.4 Å². The van der Waals surface area contributed by atoms with Crippen molar-refractivity contribution in [3.05, 3.63) is 58.1 Å². The molecule has 0 fully saturated rings. The summed E-state index contributed by atoms with van der Waals surface area (Å²) in [6.45, 7) is 0. The Bertz CT molecular complexity index is 730. The predicted molar refractivity (Wildman–Crippen MR) is 87.9 cm³/mol. The van der Waals surface area contributed by atoms with Gasteiger partial charge in [-0.15, -0.1) is 0 Å². The van der Waals surface area contributed by atoms with Crippen molar-refractivity contribution in [1.82, 2.24) is 0 Å². The van der Waals surface area contributed by atoms with Crippen LogP contribution in [0.25, 0.3) is 0 Å². The Labute approximate surface area is 140 Å². The summed E-state index contributed by atoms with van der Waals surface area (Å²) in [5, 5.41) is 2.33. The zero-order chi connectivity index (χ0) is 17.2. The number of rotatable bonds is 3. The molecule has 1 N–H and O–H groups in total. The van der Waals surface area contributed by atoms with E-state index in [0.717, 1.165) is 6.07 Å². The lowest BCUT2D eigenvalue weighted by Gasteiger charge is -2.18. The number of benzene rings is 2. The van der Waals surface area contributed by atoms with Gasteiger partial charge in [-0.2, -0.15) is 13.2 Å². The Morgan fingerprint density at radius 2 is 1.83 bits per heavy atom. The van der Waals surface area contributed by atoms with Gasteiger partial charge in [-0.3, -0.25) is 4.79 Å². The zero-order valence-corrected chi connectivity index (χ0v) is 14.0. The molecule has 0 unspecified atom stereocenters. The van der Waals surface area contributed by atoms with Crippen molar-refractivity contribution in [2.75, 3.05) is 24.3 Å². The number of alkyl halides is 3.